The monoisotopic (exact) mass is 281 g/mol. The van der Waals surface area contributed by atoms with E-state index in [1.165, 1.54) is 0 Å². The Labute approximate surface area is 124 Å². The van der Waals surface area contributed by atoms with Crippen molar-refractivity contribution in [3.05, 3.63) is 59.0 Å². The lowest BCUT2D eigenvalue weighted by Crippen LogP contribution is -2.05. The van der Waals surface area contributed by atoms with Crippen LogP contribution in [0.3, 0.4) is 0 Å². The first-order valence-electron chi connectivity index (χ1n) is 7.08. The van der Waals surface area contributed by atoms with Crippen molar-refractivity contribution in [1.29, 1.82) is 0 Å². The van der Waals surface area contributed by atoms with Gasteiger partial charge in [0.2, 0.25) is 0 Å². The molecule has 4 nitrogen and oxygen atoms in total. The summed E-state index contributed by atoms with van der Waals surface area (Å²) in [5.41, 5.74) is 4.92. The minimum atomic E-state index is -0.579. The van der Waals surface area contributed by atoms with Crippen molar-refractivity contribution in [2.75, 3.05) is 0 Å². The summed E-state index contributed by atoms with van der Waals surface area (Å²) < 4.78 is 1.86. The van der Waals surface area contributed by atoms with Gasteiger partial charge in [-0.15, -0.1) is 0 Å². The summed E-state index contributed by atoms with van der Waals surface area (Å²) in [5, 5.41) is 16.1. The fourth-order valence-corrected chi connectivity index (χ4v) is 2.81. The van der Waals surface area contributed by atoms with Gasteiger partial charge < -0.3 is 5.11 Å². The van der Waals surface area contributed by atoms with Crippen molar-refractivity contribution in [2.24, 2.45) is 7.05 Å². The maximum atomic E-state index is 10.7. The third kappa shape index (κ3) is 2.43. The molecule has 2 aromatic heterocycles. The number of aromatic nitrogens is 3. The SMILES string of the molecule is Cc1nn(C)c(C)c1CC(O)c1cccc2cccnc12. The Bertz CT molecular complexity index is 787. The van der Waals surface area contributed by atoms with E-state index in [0.29, 0.717) is 6.42 Å². The number of fused-ring (bicyclic) bond motifs is 1. The van der Waals surface area contributed by atoms with Gasteiger partial charge in [0, 0.05) is 36.3 Å². The molecule has 0 bridgehead atoms. The summed E-state index contributed by atoms with van der Waals surface area (Å²) in [5.74, 6) is 0. The number of pyridine rings is 1. The maximum absolute atomic E-state index is 10.7. The average Bonchev–Trinajstić information content (AvgIpc) is 2.73. The molecule has 3 aromatic rings. The number of rotatable bonds is 3. The first-order valence-corrected chi connectivity index (χ1v) is 7.08. The van der Waals surface area contributed by atoms with Gasteiger partial charge in [0.25, 0.3) is 0 Å². The number of hydrogen-bond donors (Lipinski definition) is 1. The van der Waals surface area contributed by atoms with Crippen LogP contribution in [0.4, 0.5) is 0 Å². The van der Waals surface area contributed by atoms with E-state index in [2.05, 4.69) is 10.1 Å². The molecule has 21 heavy (non-hydrogen) atoms. The predicted octanol–water partition coefficient (Wildman–Crippen LogP) is 2.86. The Hall–Kier alpha value is -2.20. The predicted molar refractivity (Wildman–Crippen MR) is 83.1 cm³/mol. The minimum absolute atomic E-state index is 0.557. The van der Waals surface area contributed by atoms with Gasteiger partial charge in [0.05, 0.1) is 17.3 Å². The van der Waals surface area contributed by atoms with Crippen molar-refractivity contribution in [3.63, 3.8) is 0 Å². The summed E-state index contributed by atoms with van der Waals surface area (Å²) in [6, 6.07) is 9.85. The summed E-state index contributed by atoms with van der Waals surface area (Å²) in [7, 11) is 1.93. The number of nitrogens with zero attached hydrogens (tertiary/aromatic N) is 3. The zero-order chi connectivity index (χ0) is 15.0. The van der Waals surface area contributed by atoms with E-state index in [-0.39, 0.29) is 0 Å². The smallest absolute Gasteiger partial charge is 0.0852 e. The zero-order valence-electron chi connectivity index (χ0n) is 12.5. The normalized spacial score (nSPS) is 12.8. The van der Waals surface area contributed by atoms with E-state index in [9.17, 15) is 5.11 Å². The lowest BCUT2D eigenvalue weighted by Gasteiger charge is -2.13. The molecule has 108 valence electrons. The second-order valence-electron chi connectivity index (χ2n) is 5.42. The number of hydrogen-bond acceptors (Lipinski definition) is 3. The van der Waals surface area contributed by atoms with E-state index in [0.717, 1.165) is 33.4 Å². The third-order valence-electron chi connectivity index (χ3n) is 4.08. The molecule has 0 radical (unpaired) electrons. The van der Waals surface area contributed by atoms with Crippen LogP contribution in [-0.4, -0.2) is 19.9 Å². The molecule has 0 spiro atoms. The largest absolute Gasteiger partial charge is 0.388 e. The topological polar surface area (TPSA) is 50.9 Å². The molecule has 3 rings (SSSR count). The van der Waals surface area contributed by atoms with Gasteiger partial charge in [0.15, 0.2) is 0 Å². The van der Waals surface area contributed by atoms with Crippen LogP contribution in [0.5, 0.6) is 0 Å². The van der Waals surface area contributed by atoms with E-state index < -0.39 is 6.10 Å². The maximum Gasteiger partial charge on any atom is 0.0852 e. The van der Waals surface area contributed by atoms with E-state index in [1.54, 1.807) is 6.20 Å². The van der Waals surface area contributed by atoms with Gasteiger partial charge in [-0.25, -0.2) is 0 Å². The standard InChI is InChI=1S/C17H19N3O/c1-11-15(12(2)20(3)19-11)10-16(21)14-8-4-6-13-7-5-9-18-17(13)14/h4-9,16,21H,10H2,1-3H3. The van der Waals surface area contributed by atoms with Crippen LogP contribution in [-0.2, 0) is 13.5 Å². The number of aryl methyl sites for hydroxylation is 2. The highest BCUT2D eigenvalue weighted by Gasteiger charge is 2.17. The highest BCUT2D eigenvalue weighted by atomic mass is 16.3. The van der Waals surface area contributed by atoms with Crippen molar-refractivity contribution in [2.45, 2.75) is 26.4 Å². The number of aliphatic hydroxyl groups is 1. The van der Waals surface area contributed by atoms with E-state index in [4.69, 9.17) is 0 Å². The van der Waals surface area contributed by atoms with Gasteiger partial charge in [-0.2, -0.15) is 5.10 Å². The van der Waals surface area contributed by atoms with Crippen LogP contribution in [0.15, 0.2) is 36.5 Å². The molecule has 0 aliphatic heterocycles. The van der Waals surface area contributed by atoms with Gasteiger partial charge in [-0.05, 0) is 25.5 Å². The summed E-state index contributed by atoms with van der Waals surface area (Å²) in [6.07, 6.45) is 1.74. The third-order valence-corrected chi connectivity index (χ3v) is 4.08. The molecule has 0 aliphatic rings. The summed E-state index contributed by atoms with van der Waals surface area (Å²) in [6.45, 7) is 4.01. The van der Waals surface area contributed by atoms with Crippen molar-refractivity contribution in [1.82, 2.24) is 14.8 Å². The van der Waals surface area contributed by atoms with Gasteiger partial charge in [-0.1, -0.05) is 24.3 Å². The first kappa shape index (κ1) is 13.8. The quantitative estimate of drug-likeness (QED) is 0.803. The average molecular weight is 281 g/mol. The molecule has 1 aromatic carbocycles. The van der Waals surface area contributed by atoms with Crippen molar-refractivity contribution >= 4 is 10.9 Å². The Kier molecular flexibility index (Phi) is 3.47. The van der Waals surface area contributed by atoms with Crippen LogP contribution in [0, 0.1) is 13.8 Å². The highest BCUT2D eigenvalue weighted by Crippen LogP contribution is 2.27. The molecule has 0 fully saturated rings. The molecular formula is C17H19N3O. The number of aliphatic hydroxyl groups excluding tert-OH is 1. The van der Waals surface area contributed by atoms with Crippen LogP contribution >= 0.6 is 0 Å². The van der Waals surface area contributed by atoms with Crippen LogP contribution in [0.25, 0.3) is 10.9 Å². The lowest BCUT2D eigenvalue weighted by molar-refractivity contribution is 0.179. The molecule has 4 heteroatoms. The molecule has 0 amide bonds. The fraction of sp³-hybridized carbons (Fsp3) is 0.294. The summed E-state index contributed by atoms with van der Waals surface area (Å²) >= 11 is 0. The van der Waals surface area contributed by atoms with E-state index in [1.807, 2.05) is 55.9 Å². The zero-order valence-corrected chi connectivity index (χ0v) is 12.5. The van der Waals surface area contributed by atoms with Crippen LogP contribution in [0.1, 0.15) is 28.6 Å². The molecule has 1 unspecified atom stereocenters. The van der Waals surface area contributed by atoms with Gasteiger partial charge in [0.1, 0.15) is 0 Å². The van der Waals surface area contributed by atoms with Gasteiger partial charge in [-0.3, -0.25) is 9.67 Å². The molecule has 0 saturated carbocycles. The van der Waals surface area contributed by atoms with Crippen LogP contribution < -0.4 is 0 Å². The van der Waals surface area contributed by atoms with E-state index >= 15 is 0 Å². The Morgan fingerprint density at radius 2 is 1.95 bits per heavy atom. The molecule has 0 aliphatic carbocycles. The molecule has 1 N–H and O–H groups in total. The molecule has 1 atom stereocenters. The molecule has 2 heterocycles. The minimum Gasteiger partial charge on any atom is -0.388 e. The fourth-order valence-electron chi connectivity index (χ4n) is 2.81. The highest BCUT2D eigenvalue weighted by molar-refractivity contribution is 5.81. The second-order valence-corrected chi connectivity index (χ2v) is 5.42. The Morgan fingerprint density at radius 3 is 2.67 bits per heavy atom. The first-order chi connectivity index (χ1) is 10.1. The van der Waals surface area contributed by atoms with Gasteiger partial charge >= 0.3 is 0 Å². The lowest BCUT2D eigenvalue weighted by atomic mass is 9.98. The number of benzene rings is 1. The second kappa shape index (κ2) is 5.30. The molecular weight excluding hydrogens is 262 g/mol. The number of para-hydroxylation sites is 1. The van der Waals surface area contributed by atoms with Crippen molar-refractivity contribution in [3.8, 4) is 0 Å². The Morgan fingerprint density at radius 1 is 1.19 bits per heavy atom. The molecule has 0 saturated heterocycles. The summed E-state index contributed by atoms with van der Waals surface area (Å²) in [4.78, 5) is 4.41. The van der Waals surface area contributed by atoms with Crippen molar-refractivity contribution < 1.29 is 5.11 Å². The van der Waals surface area contributed by atoms with Crippen LogP contribution in [0.2, 0.25) is 0 Å². The Balaban J connectivity index is 1.99.